The van der Waals surface area contributed by atoms with Crippen LogP contribution in [0.5, 0.6) is 0 Å². The van der Waals surface area contributed by atoms with E-state index in [1.54, 1.807) is 6.92 Å². The minimum atomic E-state index is -0.534. The van der Waals surface area contributed by atoms with Gasteiger partial charge in [0.1, 0.15) is 0 Å². The molecule has 2 rings (SSSR count). The standard InChI is InChI=1S/C17H28N2O4/c1-3-23-17(22)13-8-6-10-19(11-13)16(21)15(20)18-14-9-5-4-7-12(14)2/h12-14H,3-11H2,1-2H3,(H,18,20). The molecule has 0 aromatic carbocycles. The summed E-state index contributed by atoms with van der Waals surface area (Å²) in [5.41, 5.74) is 0. The van der Waals surface area contributed by atoms with E-state index in [9.17, 15) is 14.4 Å². The van der Waals surface area contributed by atoms with Gasteiger partial charge < -0.3 is 15.0 Å². The van der Waals surface area contributed by atoms with Gasteiger partial charge in [0, 0.05) is 19.1 Å². The average Bonchev–Trinajstić information content (AvgIpc) is 2.56. The van der Waals surface area contributed by atoms with Crippen LogP contribution in [0.15, 0.2) is 0 Å². The normalized spacial score (nSPS) is 28.1. The van der Waals surface area contributed by atoms with Gasteiger partial charge in [-0.3, -0.25) is 14.4 Å². The van der Waals surface area contributed by atoms with Crippen LogP contribution in [0.25, 0.3) is 0 Å². The lowest BCUT2D eigenvalue weighted by Crippen LogP contribution is -2.52. The fourth-order valence-electron chi connectivity index (χ4n) is 3.52. The number of rotatable bonds is 3. The molecular formula is C17H28N2O4. The maximum Gasteiger partial charge on any atom is 0.311 e. The highest BCUT2D eigenvalue weighted by molar-refractivity contribution is 6.35. The molecule has 1 saturated heterocycles. The number of likely N-dealkylation sites (tertiary alicyclic amines) is 1. The molecule has 0 spiro atoms. The lowest BCUT2D eigenvalue weighted by Gasteiger charge is -2.33. The number of amides is 2. The molecule has 1 heterocycles. The lowest BCUT2D eigenvalue weighted by molar-refractivity contribution is -0.154. The molecule has 6 heteroatoms. The van der Waals surface area contributed by atoms with Crippen LogP contribution in [0, 0.1) is 11.8 Å². The quantitative estimate of drug-likeness (QED) is 0.630. The van der Waals surface area contributed by atoms with E-state index in [2.05, 4.69) is 12.2 Å². The first-order chi connectivity index (χ1) is 11.0. The Labute approximate surface area is 137 Å². The molecule has 1 aliphatic heterocycles. The van der Waals surface area contributed by atoms with Crippen molar-refractivity contribution >= 4 is 17.8 Å². The van der Waals surface area contributed by atoms with E-state index in [4.69, 9.17) is 4.74 Å². The summed E-state index contributed by atoms with van der Waals surface area (Å²) in [5, 5.41) is 2.89. The van der Waals surface area contributed by atoms with Crippen LogP contribution in [-0.4, -0.2) is 48.4 Å². The average molecular weight is 324 g/mol. The van der Waals surface area contributed by atoms with E-state index >= 15 is 0 Å². The second kappa shape index (κ2) is 8.31. The number of ether oxygens (including phenoxy) is 1. The number of hydrogen-bond acceptors (Lipinski definition) is 4. The van der Waals surface area contributed by atoms with Crippen molar-refractivity contribution in [3.05, 3.63) is 0 Å². The molecule has 0 radical (unpaired) electrons. The van der Waals surface area contributed by atoms with E-state index in [-0.39, 0.29) is 24.5 Å². The second-order valence-corrected chi connectivity index (χ2v) is 6.68. The van der Waals surface area contributed by atoms with E-state index in [0.29, 0.717) is 25.5 Å². The molecule has 1 N–H and O–H groups in total. The number of piperidine rings is 1. The Hall–Kier alpha value is -1.59. The zero-order valence-electron chi connectivity index (χ0n) is 14.2. The van der Waals surface area contributed by atoms with E-state index in [0.717, 1.165) is 25.7 Å². The van der Waals surface area contributed by atoms with Gasteiger partial charge in [-0.2, -0.15) is 0 Å². The maximum absolute atomic E-state index is 12.4. The van der Waals surface area contributed by atoms with Crippen molar-refractivity contribution in [3.8, 4) is 0 Å². The van der Waals surface area contributed by atoms with Crippen LogP contribution in [0.4, 0.5) is 0 Å². The number of nitrogens with one attached hydrogen (secondary N) is 1. The number of carbonyl (C=O) groups excluding carboxylic acids is 3. The highest BCUT2D eigenvalue weighted by Crippen LogP contribution is 2.24. The third-order valence-corrected chi connectivity index (χ3v) is 4.95. The number of hydrogen-bond donors (Lipinski definition) is 1. The largest absolute Gasteiger partial charge is 0.466 e. The lowest BCUT2D eigenvalue weighted by atomic mass is 9.86. The van der Waals surface area contributed by atoms with Crippen molar-refractivity contribution in [2.45, 2.75) is 58.4 Å². The number of carbonyl (C=O) groups is 3. The molecule has 23 heavy (non-hydrogen) atoms. The van der Waals surface area contributed by atoms with Crippen LogP contribution >= 0.6 is 0 Å². The fourth-order valence-corrected chi connectivity index (χ4v) is 3.52. The predicted octanol–water partition coefficient (Wildman–Crippen LogP) is 1.48. The van der Waals surface area contributed by atoms with Crippen LogP contribution in [0.2, 0.25) is 0 Å². The number of nitrogens with zero attached hydrogens (tertiary/aromatic N) is 1. The first kappa shape index (κ1) is 17.8. The SMILES string of the molecule is CCOC(=O)C1CCCN(C(=O)C(=O)NC2CCCCC2C)C1. The molecule has 1 saturated carbocycles. The van der Waals surface area contributed by atoms with Crippen molar-refractivity contribution in [2.75, 3.05) is 19.7 Å². The molecule has 2 fully saturated rings. The van der Waals surface area contributed by atoms with Gasteiger partial charge >= 0.3 is 17.8 Å². The topological polar surface area (TPSA) is 75.7 Å². The highest BCUT2D eigenvalue weighted by Gasteiger charge is 2.33. The van der Waals surface area contributed by atoms with Gasteiger partial charge in [-0.05, 0) is 38.5 Å². The van der Waals surface area contributed by atoms with Gasteiger partial charge in [0.05, 0.1) is 12.5 Å². The van der Waals surface area contributed by atoms with Crippen molar-refractivity contribution in [1.29, 1.82) is 0 Å². The second-order valence-electron chi connectivity index (χ2n) is 6.68. The van der Waals surface area contributed by atoms with Gasteiger partial charge in [0.2, 0.25) is 0 Å². The van der Waals surface area contributed by atoms with Gasteiger partial charge in [0.15, 0.2) is 0 Å². The van der Waals surface area contributed by atoms with Crippen LogP contribution in [-0.2, 0) is 19.1 Å². The maximum atomic E-state index is 12.4. The van der Waals surface area contributed by atoms with Crippen molar-refractivity contribution in [1.82, 2.24) is 10.2 Å². The zero-order valence-corrected chi connectivity index (χ0v) is 14.2. The molecule has 3 atom stereocenters. The summed E-state index contributed by atoms with van der Waals surface area (Å²) < 4.78 is 5.03. The molecule has 0 bridgehead atoms. The van der Waals surface area contributed by atoms with Crippen molar-refractivity contribution < 1.29 is 19.1 Å². The Kier molecular flexibility index (Phi) is 6.42. The molecular weight excluding hydrogens is 296 g/mol. The van der Waals surface area contributed by atoms with E-state index < -0.39 is 11.8 Å². The summed E-state index contributed by atoms with van der Waals surface area (Å²) in [6.07, 6.45) is 5.75. The summed E-state index contributed by atoms with van der Waals surface area (Å²) in [6, 6.07) is 0.0887. The van der Waals surface area contributed by atoms with Crippen molar-refractivity contribution in [2.24, 2.45) is 11.8 Å². The summed E-state index contributed by atoms with van der Waals surface area (Å²) in [4.78, 5) is 37.9. The first-order valence-corrected chi connectivity index (χ1v) is 8.79. The Morgan fingerprint density at radius 1 is 1.13 bits per heavy atom. The van der Waals surface area contributed by atoms with E-state index in [1.807, 2.05) is 0 Å². The Bertz CT molecular complexity index is 452. The monoisotopic (exact) mass is 324 g/mol. The molecule has 6 nitrogen and oxygen atoms in total. The van der Waals surface area contributed by atoms with E-state index in [1.165, 1.54) is 11.3 Å². The van der Waals surface area contributed by atoms with Gasteiger partial charge in [0.25, 0.3) is 0 Å². The van der Waals surface area contributed by atoms with Crippen LogP contribution in [0.1, 0.15) is 52.4 Å². The van der Waals surface area contributed by atoms with Crippen molar-refractivity contribution in [3.63, 3.8) is 0 Å². The molecule has 2 amide bonds. The van der Waals surface area contributed by atoms with Crippen LogP contribution < -0.4 is 5.32 Å². The first-order valence-electron chi connectivity index (χ1n) is 8.79. The smallest absolute Gasteiger partial charge is 0.311 e. The van der Waals surface area contributed by atoms with Gasteiger partial charge in [-0.25, -0.2) is 0 Å². The summed E-state index contributed by atoms with van der Waals surface area (Å²) >= 11 is 0. The summed E-state index contributed by atoms with van der Waals surface area (Å²) in [7, 11) is 0. The third kappa shape index (κ3) is 4.69. The predicted molar refractivity (Wildman–Crippen MR) is 85.5 cm³/mol. The minimum absolute atomic E-state index is 0.0887. The molecule has 130 valence electrons. The Balaban J connectivity index is 1.88. The van der Waals surface area contributed by atoms with Gasteiger partial charge in [-0.1, -0.05) is 19.8 Å². The van der Waals surface area contributed by atoms with Gasteiger partial charge in [-0.15, -0.1) is 0 Å². The zero-order chi connectivity index (χ0) is 16.8. The molecule has 3 unspecified atom stereocenters. The Morgan fingerprint density at radius 3 is 2.57 bits per heavy atom. The van der Waals surface area contributed by atoms with Crippen LogP contribution in [0.3, 0.4) is 0 Å². The molecule has 0 aromatic rings. The highest BCUT2D eigenvalue weighted by atomic mass is 16.5. The fraction of sp³-hybridized carbons (Fsp3) is 0.824. The molecule has 2 aliphatic rings. The summed E-state index contributed by atoms with van der Waals surface area (Å²) in [5.74, 6) is -1.22. The minimum Gasteiger partial charge on any atom is -0.466 e. The molecule has 0 aromatic heterocycles. The number of esters is 1. The summed E-state index contributed by atoms with van der Waals surface area (Å²) in [6.45, 7) is 5.03. The molecule has 1 aliphatic carbocycles. The third-order valence-electron chi connectivity index (χ3n) is 4.95. The Morgan fingerprint density at radius 2 is 1.87 bits per heavy atom.